The van der Waals surface area contributed by atoms with Crippen LogP contribution in [0.3, 0.4) is 0 Å². The van der Waals surface area contributed by atoms with Gasteiger partial charge < -0.3 is 14.7 Å². The number of hydrogen-bond donors (Lipinski definition) is 1. The van der Waals surface area contributed by atoms with Crippen LogP contribution in [0.5, 0.6) is 0 Å². The molecule has 0 bridgehead atoms. The summed E-state index contributed by atoms with van der Waals surface area (Å²) in [5.74, 6) is 2.66. The van der Waals surface area contributed by atoms with Gasteiger partial charge in [-0.3, -0.25) is 10.1 Å². The summed E-state index contributed by atoms with van der Waals surface area (Å²) in [6.45, 7) is 5.12. The summed E-state index contributed by atoms with van der Waals surface area (Å²) in [6, 6.07) is 10.5. The topological polar surface area (TPSA) is 90.0 Å². The summed E-state index contributed by atoms with van der Waals surface area (Å²) in [7, 11) is 0. The van der Waals surface area contributed by atoms with Gasteiger partial charge in [0.15, 0.2) is 5.65 Å². The Morgan fingerprint density at radius 1 is 0.903 bits per heavy atom. The van der Waals surface area contributed by atoms with Crippen molar-refractivity contribution in [1.82, 2.24) is 30.1 Å². The Kier molecular flexibility index (Phi) is 4.37. The Balaban J connectivity index is 1.28. The maximum absolute atomic E-state index is 5.04. The number of aromatic nitrogens is 6. The lowest BCUT2D eigenvalue weighted by Crippen LogP contribution is -2.47. The van der Waals surface area contributed by atoms with Gasteiger partial charge in [0.2, 0.25) is 5.95 Å². The van der Waals surface area contributed by atoms with E-state index in [-0.39, 0.29) is 0 Å². The molecule has 31 heavy (non-hydrogen) atoms. The van der Waals surface area contributed by atoms with Crippen LogP contribution in [0.25, 0.3) is 11.0 Å². The van der Waals surface area contributed by atoms with Crippen LogP contribution in [-0.4, -0.2) is 62.9 Å². The Hall–Kier alpha value is -3.75. The average Bonchev–Trinajstić information content (AvgIpc) is 3.26. The summed E-state index contributed by atoms with van der Waals surface area (Å²) >= 11 is 0. The quantitative estimate of drug-likeness (QED) is 0.544. The molecule has 2 aliphatic rings. The van der Waals surface area contributed by atoms with Crippen molar-refractivity contribution in [1.29, 1.82) is 0 Å². The molecule has 1 saturated heterocycles. The molecule has 0 atom stereocenters. The van der Waals surface area contributed by atoms with E-state index in [0.717, 1.165) is 80.0 Å². The molecule has 1 fully saturated rings. The van der Waals surface area contributed by atoms with E-state index in [9.17, 15) is 0 Å². The number of anilines is 3. The Morgan fingerprint density at radius 2 is 1.74 bits per heavy atom. The van der Waals surface area contributed by atoms with Crippen LogP contribution >= 0.6 is 0 Å². The molecule has 156 valence electrons. The summed E-state index contributed by atoms with van der Waals surface area (Å²) in [5, 5.41) is 8.70. The Bertz CT molecular complexity index is 1180. The van der Waals surface area contributed by atoms with Gasteiger partial charge in [0, 0.05) is 58.1 Å². The van der Waals surface area contributed by atoms with Crippen molar-refractivity contribution in [3.63, 3.8) is 0 Å². The van der Waals surface area contributed by atoms with Crippen LogP contribution in [0.1, 0.15) is 11.3 Å². The predicted octanol–water partition coefficient (Wildman–Crippen LogP) is 2.03. The summed E-state index contributed by atoms with van der Waals surface area (Å²) in [4.78, 5) is 25.3. The molecular formula is C22H23N9. The first kappa shape index (κ1) is 18.1. The van der Waals surface area contributed by atoms with E-state index in [1.54, 1.807) is 12.4 Å². The zero-order chi connectivity index (χ0) is 20.6. The van der Waals surface area contributed by atoms with Crippen LogP contribution in [0.2, 0.25) is 0 Å². The fourth-order valence-electron chi connectivity index (χ4n) is 4.41. The number of nitrogens with zero attached hydrogens (tertiary/aromatic N) is 8. The van der Waals surface area contributed by atoms with Crippen LogP contribution in [-0.2, 0) is 13.0 Å². The van der Waals surface area contributed by atoms with Gasteiger partial charge in [0.1, 0.15) is 11.6 Å². The third kappa shape index (κ3) is 3.31. The van der Waals surface area contributed by atoms with Crippen LogP contribution < -0.4 is 14.7 Å². The van der Waals surface area contributed by atoms with Gasteiger partial charge in [-0.15, -0.1) is 0 Å². The molecule has 4 aromatic rings. The van der Waals surface area contributed by atoms with E-state index in [4.69, 9.17) is 9.97 Å². The molecule has 6 rings (SSSR count). The molecule has 9 nitrogen and oxygen atoms in total. The summed E-state index contributed by atoms with van der Waals surface area (Å²) in [6.07, 6.45) is 6.16. The standard InChI is InChI=1S/C22H23N9/c1-2-4-16(5-3-1)15-31-9-6-17-19-20(28-27-17)25-22(26-21(19)31)30-12-10-29(11-13-30)18-14-23-7-8-24-18/h1-5,7-8,14H,6,9-13,15H2,(H,25,26,27,28). The summed E-state index contributed by atoms with van der Waals surface area (Å²) < 4.78 is 0. The number of aromatic amines is 1. The van der Waals surface area contributed by atoms with E-state index >= 15 is 0 Å². The van der Waals surface area contributed by atoms with Crippen LogP contribution in [0.4, 0.5) is 17.6 Å². The van der Waals surface area contributed by atoms with E-state index in [0.29, 0.717) is 0 Å². The van der Waals surface area contributed by atoms with Crippen molar-refractivity contribution in [2.75, 3.05) is 47.4 Å². The SMILES string of the molecule is c1ccc(CN2CCc3n[nH]c4nc(N5CCN(c6cnccn6)CC5)nc2c34)cc1. The molecule has 2 aliphatic heterocycles. The minimum absolute atomic E-state index is 0.761. The predicted molar refractivity (Wildman–Crippen MR) is 119 cm³/mol. The van der Waals surface area contributed by atoms with Gasteiger partial charge in [-0.25, -0.2) is 4.98 Å². The average molecular weight is 413 g/mol. The highest BCUT2D eigenvalue weighted by Crippen LogP contribution is 2.33. The first-order chi connectivity index (χ1) is 15.3. The highest BCUT2D eigenvalue weighted by molar-refractivity contribution is 5.91. The molecule has 3 aromatic heterocycles. The molecule has 5 heterocycles. The molecular weight excluding hydrogens is 390 g/mol. The van der Waals surface area contributed by atoms with Gasteiger partial charge in [-0.2, -0.15) is 15.1 Å². The second-order valence-corrected chi connectivity index (χ2v) is 7.94. The zero-order valence-electron chi connectivity index (χ0n) is 17.1. The normalized spacial score (nSPS) is 16.2. The number of nitrogens with one attached hydrogen (secondary N) is 1. The second kappa shape index (κ2) is 7.50. The van der Waals surface area contributed by atoms with Crippen molar-refractivity contribution < 1.29 is 0 Å². The number of rotatable bonds is 4. The molecule has 0 unspecified atom stereocenters. The number of hydrogen-bond acceptors (Lipinski definition) is 8. The Labute approximate surface area is 179 Å². The smallest absolute Gasteiger partial charge is 0.229 e. The van der Waals surface area contributed by atoms with Gasteiger partial charge in [-0.1, -0.05) is 30.3 Å². The molecule has 9 heteroatoms. The molecule has 0 aliphatic carbocycles. The molecule has 1 aromatic carbocycles. The van der Waals surface area contributed by atoms with E-state index in [2.05, 4.69) is 65.2 Å². The fourth-order valence-corrected chi connectivity index (χ4v) is 4.41. The first-order valence-electron chi connectivity index (χ1n) is 10.6. The lowest BCUT2D eigenvalue weighted by atomic mass is 10.1. The van der Waals surface area contributed by atoms with Crippen LogP contribution in [0, 0.1) is 0 Å². The van der Waals surface area contributed by atoms with Crippen molar-refractivity contribution >= 4 is 28.6 Å². The third-order valence-corrected chi connectivity index (χ3v) is 6.03. The third-order valence-electron chi connectivity index (χ3n) is 6.03. The van der Waals surface area contributed by atoms with E-state index in [1.165, 1.54) is 5.56 Å². The van der Waals surface area contributed by atoms with Crippen LogP contribution in [0.15, 0.2) is 48.9 Å². The van der Waals surface area contributed by atoms with Gasteiger partial charge in [0.05, 0.1) is 17.3 Å². The van der Waals surface area contributed by atoms with Gasteiger partial charge in [-0.05, 0) is 5.56 Å². The van der Waals surface area contributed by atoms with Gasteiger partial charge >= 0.3 is 0 Å². The van der Waals surface area contributed by atoms with E-state index in [1.807, 2.05) is 6.20 Å². The van der Waals surface area contributed by atoms with Crippen molar-refractivity contribution in [3.8, 4) is 0 Å². The second-order valence-electron chi connectivity index (χ2n) is 7.94. The minimum Gasteiger partial charge on any atom is -0.352 e. The lowest BCUT2D eigenvalue weighted by Gasteiger charge is -2.36. The first-order valence-corrected chi connectivity index (χ1v) is 10.6. The summed E-state index contributed by atoms with van der Waals surface area (Å²) in [5.41, 5.74) is 3.16. The fraction of sp³-hybridized carbons (Fsp3) is 0.318. The zero-order valence-corrected chi connectivity index (χ0v) is 17.1. The highest BCUT2D eigenvalue weighted by Gasteiger charge is 2.27. The molecule has 0 amide bonds. The van der Waals surface area contributed by atoms with Crippen molar-refractivity contribution in [3.05, 3.63) is 60.2 Å². The van der Waals surface area contributed by atoms with Crippen molar-refractivity contribution in [2.45, 2.75) is 13.0 Å². The maximum atomic E-state index is 5.04. The maximum Gasteiger partial charge on any atom is 0.229 e. The largest absolute Gasteiger partial charge is 0.352 e. The Morgan fingerprint density at radius 3 is 2.55 bits per heavy atom. The molecule has 0 saturated carbocycles. The van der Waals surface area contributed by atoms with Gasteiger partial charge in [0.25, 0.3) is 0 Å². The highest BCUT2D eigenvalue weighted by atomic mass is 15.4. The molecule has 1 N–H and O–H groups in total. The minimum atomic E-state index is 0.761. The lowest BCUT2D eigenvalue weighted by molar-refractivity contribution is 0.633. The number of benzene rings is 1. The molecule has 0 radical (unpaired) electrons. The molecule has 0 spiro atoms. The number of H-pyrrole nitrogens is 1. The monoisotopic (exact) mass is 413 g/mol. The van der Waals surface area contributed by atoms with Crippen molar-refractivity contribution in [2.24, 2.45) is 0 Å². The number of piperazine rings is 1. The van der Waals surface area contributed by atoms with E-state index < -0.39 is 0 Å².